The second-order valence-electron chi connectivity index (χ2n) is 4.87. The molecule has 0 heterocycles. The number of carbonyl (C=O) groups excluding carboxylic acids is 1. The van der Waals surface area contributed by atoms with Gasteiger partial charge in [-0.1, -0.05) is 43.2 Å². The summed E-state index contributed by atoms with van der Waals surface area (Å²) in [4.78, 5) is 10.5. The molecule has 1 saturated carbocycles. The molecule has 1 fully saturated rings. The van der Waals surface area contributed by atoms with E-state index in [4.69, 9.17) is 4.74 Å². The first-order valence-electron chi connectivity index (χ1n) is 6.46. The van der Waals surface area contributed by atoms with Gasteiger partial charge in [0.05, 0.1) is 12.2 Å². The number of benzene rings is 1. The number of rotatable bonds is 6. The first-order valence-corrected chi connectivity index (χ1v) is 6.46. The van der Waals surface area contributed by atoms with Crippen LogP contribution < -0.4 is 0 Å². The summed E-state index contributed by atoms with van der Waals surface area (Å²) < 4.78 is 6.12. The molecule has 0 N–H and O–H groups in total. The van der Waals surface area contributed by atoms with E-state index in [1.807, 2.05) is 18.2 Å². The molecule has 17 heavy (non-hydrogen) atoms. The van der Waals surface area contributed by atoms with Gasteiger partial charge in [0.2, 0.25) is 0 Å². The van der Waals surface area contributed by atoms with Crippen molar-refractivity contribution in [1.29, 1.82) is 0 Å². The quantitative estimate of drug-likeness (QED) is 0.702. The van der Waals surface area contributed by atoms with Gasteiger partial charge in [-0.3, -0.25) is 0 Å². The molecule has 0 amide bonds. The van der Waals surface area contributed by atoms with Crippen LogP contribution in [-0.2, 0) is 16.1 Å². The van der Waals surface area contributed by atoms with Gasteiger partial charge in [0, 0.05) is 6.42 Å². The van der Waals surface area contributed by atoms with E-state index in [9.17, 15) is 4.79 Å². The number of hydrogen-bond donors (Lipinski definition) is 0. The van der Waals surface area contributed by atoms with Gasteiger partial charge in [0.1, 0.15) is 6.29 Å². The predicted octanol–water partition coefficient (Wildman–Crippen LogP) is 3.50. The molecule has 1 aliphatic carbocycles. The van der Waals surface area contributed by atoms with Crippen LogP contribution in [0.2, 0.25) is 0 Å². The number of carbonyl (C=O) groups is 1. The van der Waals surface area contributed by atoms with Gasteiger partial charge in [-0.2, -0.15) is 0 Å². The molecular weight excluding hydrogens is 212 g/mol. The average molecular weight is 232 g/mol. The lowest BCUT2D eigenvalue weighted by Crippen LogP contribution is -2.28. The van der Waals surface area contributed by atoms with Crippen molar-refractivity contribution < 1.29 is 9.53 Å². The highest BCUT2D eigenvalue weighted by atomic mass is 16.5. The van der Waals surface area contributed by atoms with E-state index in [1.54, 1.807) is 0 Å². The van der Waals surface area contributed by atoms with Gasteiger partial charge < -0.3 is 9.53 Å². The maximum atomic E-state index is 10.5. The van der Waals surface area contributed by atoms with Crippen LogP contribution in [0.25, 0.3) is 0 Å². The largest absolute Gasteiger partial charge is 0.370 e. The minimum Gasteiger partial charge on any atom is -0.370 e. The molecule has 1 aromatic rings. The van der Waals surface area contributed by atoms with E-state index in [2.05, 4.69) is 12.1 Å². The fourth-order valence-electron chi connectivity index (χ4n) is 2.62. The molecule has 1 aromatic carbocycles. The van der Waals surface area contributed by atoms with Crippen LogP contribution in [0.1, 0.15) is 44.1 Å². The van der Waals surface area contributed by atoms with Crippen molar-refractivity contribution >= 4 is 6.29 Å². The molecule has 0 aromatic heterocycles. The topological polar surface area (TPSA) is 26.3 Å². The summed E-state index contributed by atoms with van der Waals surface area (Å²) in [6.07, 6.45) is 7.17. The predicted molar refractivity (Wildman–Crippen MR) is 67.7 cm³/mol. The lowest BCUT2D eigenvalue weighted by Gasteiger charge is -2.29. The van der Waals surface area contributed by atoms with Gasteiger partial charge >= 0.3 is 0 Å². The normalized spacial score (nSPS) is 18.1. The first-order chi connectivity index (χ1) is 8.35. The van der Waals surface area contributed by atoms with Crippen molar-refractivity contribution in [3.05, 3.63) is 35.9 Å². The molecule has 0 unspecified atom stereocenters. The molecule has 2 rings (SSSR count). The first kappa shape index (κ1) is 12.3. The molecule has 0 atom stereocenters. The van der Waals surface area contributed by atoms with Gasteiger partial charge in [-0.05, 0) is 24.8 Å². The highest BCUT2D eigenvalue weighted by Gasteiger charge is 2.34. The summed E-state index contributed by atoms with van der Waals surface area (Å²) in [5.41, 5.74) is 1.18. The summed E-state index contributed by atoms with van der Waals surface area (Å²) in [5.74, 6) is 0. The Morgan fingerprint density at radius 3 is 2.53 bits per heavy atom. The summed E-state index contributed by atoms with van der Waals surface area (Å²) in [7, 11) is 0. The van der Waals surface area contributed by atoms with Crippen molar-refractivity contribution in [2.75, 3.05) is 0 Å². The zero-order valence-corrected chi connectivity index (χ0v) is 10.2. The second kappa shape index (κ2) is 5.97. The van der Waals surface area contributed by atoms with Crippen LogP contribution in [0.15, 0.2) is 30.3 Å². The molecule has 0 aliphatic heterocycles. The number of aldehydes is 1. The Kier molecular flexibility index (Phi) is 4.32. The zero-order valence-electron chi connectivity index (χ0n) is 10.2. The van der Waals surface area contributed by atoms with Crippen LogP contribution in [0.3, 0.4) is 0 Å². The summed E-state index contributed by atoms with van der Waals surface area (Å²) in [6.45, 7) is 0.666. The lowest BCUT2D eigenvalue weighted by molar-refractivity contribution is -0.110. The molecule has 0 radical (unpaired) electrons. The second-order valence-corrected chi connectivity index (χ2v) is 4.87. The van der Waals surface area contributed by atoms with Crippen molar-refractivity contribution in [3.63, 3.8) is 0 Å². The van der Waals surface area contributed by atoms with Crippen molar-refractivity contribution in [2.45, 2.75) is 50.7 Å². The summed E-state index contributed by atoms with van der Waals surface area (Å²) in [5, 5.41) is 0. The molecule has 2 heteroatoms. The van der Waals surface area contributed by atoms with E-state index >= 15 is 0 Å². The zero-order chi connectivity index (χ0) is 12.0. The smallest absolute Gasteiger partial charge is 0.120 e. The standard InChI is InChI=1S/C15H20O2/c16-12-6-11-15(9-4-5-10-15)17-13-14-7-2-1-3-8-14/h1-3,7-8,12H,4-6,9-11,13H2. The summed E-state index contributed by atoms with van der Waals surface area (Å²) >= 11 is 0. The van der Waals surface area contributed by atoms with Crippen LogP contribution >= 0.6 is 0 Å². The molecule has 1 aliphatic rings. The molecule has 0 bridgehead atoms. The van der Waals surface area contributed by atoms with E-state index in [0.29, 0.717) is 13.0 Å². The van der Waals surface area contributed by atoms with E-state index in [1.165, 1.54) is 18.4 Å². The Hall–Kier alpha value is -1.15. The maximum Gasteiger partial charge on any atom is 0.120 e. The summed E-state index contributed by atoms with van der Waals surface area (Å²) in [6, 6.07) is 10.3. The third-order valence-electron chi connectivity index (χ3n) is 3.62. The minimum absolute atomic E-state index is 0.0310. The molecule has 0 saturated heterocycles. The van der Waals surface area contributed by atoms with Crippen molar-refractivity contribution in [1.82, 2.24) is 0 Å². The van der Waals surface area contributed by atoms with Gasteiger partial charge in [0.15, 0.2) is 0 Å². The molecule has 0 spiro atoms. The number of hydrogen-bond acceptors (Lipinski definition) is 2. The number of ether oxygens (including phenoxy) is 1. The monoisotopic (exact) mass is 232 g/mol. The van der Waals surface area contributed by atoms with Crippen molar-refractivity contribution in [2.24, 2.45) is 0 Å². The Morgan fingerprint density at radius 1 is 1.18 bits per heavy atom. The Bertz CT molecular complexity index is 339. The maximum absolute atomic E-state index is 10.5. The van der Waals surface area contributed by atoms with Crippen LogP contribution in [0.5, 0.6) is 0 Å². The third kappa shape index (κ3) is 3.40. The van der Waals surface area contributed by atoms with Gasteiger partial charge in [0.25, 0.3) is 0 Å². The average Bonchev–Trinajstić information content (AvgIpc) is 2.85. The van der Waals surface area contributed by atoms with E-state index < -0.39 is 0 Å². The minimum atomic E-state index is -0.0310. The highest BCUT2D eigenvalue weighted by molar-refractivity contribution is 5.49. The van der Waals surface area contributed by atoms with E-state index in [-0.39, 0.29) is 5.60 Å². The van der Waals surface area contributed by atoms with Crippen LogP contribution in [0.4, 0.5) is 0 Å². The highest BCUT2D eigenvalue weighted by Crippen LogP contribution is 2.37. The van der Waals surface area contributed by atoms with Gasteiger partial charge in [-0.25, -0.2) is 0 Å². The van der Waals surface area contributed by atoms with Crippen LogP contribution in [-0.4, -0.2) is 11.9 Å². The Balaban J connectivity index is 1.91. The SMILES string of the molecule is O=CCCC1(OCc2ccccc2)CCCC1. The van der Waals surface area contributed by atoms with Crippen molar-refractivity contribution in [3.8, 4) is 0 Å². The van der Waals surface area contributed by atoms with E-state index in [0.717, 1.165) is 25.5 Å². The Labute approximate surface area is 103 Å². The fourth-order valence-corrected chi connectivity index (χ4v) is 2.62. The molecule has 2 nitrogen and oxygen atoms in total. The van der Waals surface area contributed by atoms with Gasteiger partial charge in [-0.15, -0.1) is 0 Å². The van der Waals surface area contributed by atoms with Crippen LogP contribution in [0, 0.1) is 0 Å². The molecule has 92 valence electrons. The Morgan fingerprint density at radius 2 is 1.88 bits per heavy atom. The third-order valence-corrected chi connectivity index (χ3v) is 3.62. The lowest BCUT2D eigenvalue weighted by atomic mass is 9.96. The fraction of sp³-hybridized carbons (Fsp3) is 0.533. The molecular formula is C15H20O2.